The molecule has 1 aromatic rings. The number of aliphatic hydroxyl groups is 1. The van der Waals surface area contributed by atoms with Gasteiger partial charge < -0.3 is 10.2 Å². The molecule has 3 nitrogen and oxygen atoms in total. The molecule has 1 aromatic carbocycles. The first-order valence-electron chi connectivity index (χ1n) is 6.08. The molecule has 1 unspecified atom stereocenters. The zero-order valence-electron chi connectivity index (χ0n) is 10.7. The van der Waals surface area contributed by atoms with Crippen LogP contribution < -0.4 is 0 Å². The normalized spacial score (nSPS) is 12.4. The van der Waals surface area contributed by atoms with Crippen LogP contribution in [0.2, 0.25) is 5.02 Å². The Bertz CT molecular complexity index is 429. The molecule has 0 bridgehead atoms. The highest BCUT2D eigenvalue weighted by Gasteiger charge is 2.12. The van der Waals surface area contributed by atoms with E-state index in [1.807, 2.05) is 26.0 Å². The molecule has 0 spiro atoms. The van der Waals surface area contributed by atoms with Crippen LogP contribution in [-0.2, 0) is 4.79 Å². The SMILES string of the molecule is Cc1cc(C(O)CCCCC(=O)O)c(C)cc1Cl. The van der Waals surface area contributed by atoms with E-state index in [1.54, 1.807) is 0 Å². The minimum Gasteiger partial charge on any atom is -0.481 e. The molecule has 18 heavy (non-hydrogen) atoms. The van der Waals surface area contributed by atoms with Gasteiger partial charge in [-0.15, -0.1) is 0 Å². The number of carboxylic acid groups (broad SMARTS) is 1. The molecule has 0 aliphatic carbocycles. The van der Waals surface area contributed by atoms with E-state index in [-0.39, 0.29) is 6.42 Å². The van der Waals surface area contributed by atoms with E-state index in [4.69, 9.17) is 16.7 Å². The molecule has 1 atom stereocenters. The number of aliphatic hydroxyl groups excluding tert-OH is 1. The molecule has 4 heteroatoms. The first-order valence-corrected chi connectivity index (χ1v) is 6.46. The number of rotatable bonds is 6. The number of carbonyl (C=O) groups is 1. The molecular formula is C14H19ClO3. The van der Waals surface area contributed by atoms with Gasteiger partial charge in [0.15, 0.2) is 0 Å². The van der Waals surface area contributed by atoms with E-state index < -0.39 is 12.1 Å². The second-order valence-corrected chi connectivity index (χ2v) is 5.02. The molecular weight excluding hydrogens is 252 g/mol. The quantitative estimate of drug-likeness (QED) is 0.776. The number of hydrogen-bond acceptors (Lipinski definition) is 2. The van der Waals surface area contributed by atoms with Gasteiger partial charge in [-0.1, -0.05) is 17.7 Å². The minimum absolute atomic E-state index is 0.158. The first-order chi connectivity index (χ1) is 8.41. The average Bonchev–Trinajstić information content (AvgIpc) is 2.28. The largest absolute Gasteiger partial charge is 0.481 e. The Kier molecular flexibility index (Phi) is 5.63. The highest BCUT2D eigenvalue weighted by Crippen LogP contribution is 2.27. The third kappa shape index (κ3) is 4.31. The number of unbranched alkanes of at least 4 members (excludes halogenated alkanes) is 1. The number of aliphatic carboxylic acids is 1. The summed E-state index contributed by atoms with van der Waals surface area (Å²) in [5.74, 6) is -0.789. The molecule has 0 radical (unpaired) electrons. The van der Waals surface area contributed by atoms with Crippen LogP contribution in [0.4, 0.5) is 0 Å². The van der Waals surface area contributed by atoms with Crippen molar-refractivity contribution < 1.29 is 15.0 Å². The summed E-state index contributed by atoms with van der Waals surface area (Å²) >= 11 is 6.01. The summed E-state index contributed by atoms with van der Waals surface area (Å²) in [6.07, 6.45) is 1.49. The van der Waals surface area contributed by atoms with Crippen molar-refractivity contribution in [2.75, 3.05) is 0 Å². The van der Waals surface area contributed by atoms with Crippen molar-refractivity contribution in [1.82, 2.24) is 0 Å². The maximum atomic E-state index is 10.4. The summed E-state index contributed by atoms with van der Waals surface area (Å²) in [6.45, 7) is 3.82. The number of hydrogen-bond donors (Lipinski definition) is 2. The summed E-state index contributed by atoms with van der Waals surface area (Å²) < 4.78 is 0. The molecule has 0 aliphatic rings. The molecule has 0 heterocycles. The van der Waals surface area contributed by atoms with Gasteiger partial charge in [-0.2, -0.15) is 0 Å². The van der Waals surface area contributed by atoms with Crippen LogP contribution in [0.15, 0.2) is 12.1 Å². The summed E-state index contributed by atoms with van der Waals surface area (Å²) in [5, 5.41) is 19.3. The van der Waals surface area contributed by atoms with E-state index in [9.17, 15) is 9.90 Å². The van der Waals surface area contributed by atoms with Crippen molar-refractivity contribution in [1.29, 1.82) is 0 Å². The van der Waals surface area contributed by atoms with Gasteiger partial charge in [-0.3, -0.25) is 4.79 Å². The van der Waals surface area contributed by atoms with Crippen molar-refractivity contribution in [2.24, 2.45) is 0 Å². The van der Waals surface area contributed by atoms with Crippen LogP contribution in [-0.4, -0.2) is 16.2 Å². The molecule has 0 saturated heterocycles. The van der Waals surface area contributed by atoms with E-state index in [0.717, 1.165) is 16.7 Å². The van der Waals surface area contributed by atoms with Crippen LogP contribution in [0.25, 0.3) is 0 Å². The van der Waals surface area contributed by atoms with Crippen LogP contribution in [0.3, 0.4) is 0 Å². The summed E-state index contributed by atoms with van der Waals surface area (Å²) in [7, 11) is 0. The molecule has 100 valence electrons. The Morgan fingerprint density at radius 3 is 2.56 bits per heavy atom. The van der Waals surface area contributed by atoms with Gasteiger partial charge in [0.1, 0.15) is 0 Å². The van der Waals surface area contributed by atoms with Crippen molar-refractivity contribution in [3.8, 4) is 0 Å². The fraction of sp³-hybridized carbons (Fsp3) is 0.500. The van der Waals surface area contributed by atoms with Gasteiger partial charge in [0.05, 0.1) is 6.10 Å². The summed E-state index contributed by atoms with van der Waals surface area (Å²) in [6, 6.07) is 3.76. The van der Waals surface area contributed by atoms with Crippen LogP contribution in [0, 0.1) is 13.8 Å². The topological polar surface area (TPSA) is 57.5 Å². The molecule has 2 N–H and O–H groups in total. The molecule has 0 fully saturated rings. The fourth-order valence-electron chi connectivity index (χ4n) is 1.93. The van der Waals surface area contributed by atoms with Crippen LogP contribution in [0.5, 0.6) is 0 Å². The number of aryl methyl sites for hydroxylation is 2. The Morgan fingerprint density at radius 2 is 1.94 bits per heavy atom. The van der Waals surface area contributed by atoms with Crippen LogP contribution in [0.1, 0.15) is 48.5 Å². The third-order valence-electron chi connectivity index (χ3n) is 3.02. The van der Waals surface area contributed by atoms with Crippen molar-refractivity contribution in [3.05, 3.63) is 33.8 Å². The van der Waals surface area contributed by atoms with Crippen molar-refractivity contribution in [2.45, 2.75) is 45.6 Å². The fourth-order valence-corrected chi connectivity index (χ4v) is 2.15. The maximum Gasteiger partial charge on any atom is 0.303 e. The van der Waals surface area contributed by atoms with Crippen molar-refractivity contribution in [3.63, 3.8) is 0 Å². The lowest BCUT2D eigenvalue weighted by Crippen LogP contribution is -2.02. The summed E-state index contributed by atoms with van der Waals surface area (Å²) in [5.41, 5.74) is 2.80. The van der Waals surface area contributed by atoms with E-state index in [1.165, 1.54) is 0 Å². The Labute approximate surface area is 112 Å². The zero-order chi connectivity index (χ0) is 13.7. The smallest absolute Gasteiger partial charge is 0.303 e. The third-order valence-corrected chi connectivity index (χ3v) is 3.43. The highest BCUT2D eigenvalue weighted by molar-refractivity contribution is 6.31. The molecule has 1 rings (SSSR count). The van der Waals surface area contributed by atoms with Gasteiger partial charge >= 0.3 is 5.97 Å². The first kappa shape index (κ1) is 15.0. The van der Waals surface area contributed by atoms with E-state index >= 15 is 0 Å². The average molecular weight is 271 g/mol. The van der Waals surface area contributed by atoms with Gasteiger partial charge in [0, 0.05) is 11.4 Å². The van der Waals surface area contributed by atoms with Gasteiger partial charge in [-0.25, -0.2) is 0 Å². The zero-order valence-corrected chi connectivity index (χ0v) is 11.5. The Balaban J connectivity index is 2.58. The number of benzene rings is 1. The molecule has 0 amide bonds. The summed E-state index contributed by atoms with van der Waals surface area (Å²) in [4.78, 5) is 10.4. The molecule has 0 saturated carbocycles. The lowest BCUT2D eigenvalue weighted by atomic mass is 9.97. The highest BCUT2D eigenvalue weighted by atomic mass is 35.5. The standard InChI is InChI=1S/C14H19ClO3/c1-9-8-12(15)10(2)7-11(9)13(16)5-3-4-6-14(17)18/h7-8,13,16H,3-6H2,1-2H3,(H,17,18). The van der Waals surface area contributed by atoms with Gasteiger partial charge in [-0.05, 0) is 55.9 Å². The van der Waals surface area contributed by atoms with Crippen LogP contribution >= 0.6 is 11.6 Å². The Hall–Kier alpha value is -1.06. The second-order valence-electron chi connectivity index (χ2n) is 4.61. The monoisotopic (exact) mass is 270 g/mol. The maximum absolute atomic E-state index is 10.4. The van der Waals surface area contributed by atoms with Crippen molar-refractivity contribution >= 4 is 17.6 Å². The van der Waals surface area contributed by atoms with E-state index in [2.05, 4.69) is 0 Å². The minimum atomic E-state index is -0.789. The van der Waals surface area contributed by atoms with Gasteiger partial charge in [0.2, 0.25) is 0 Å². The predicted molar refractivity (Wildman–Crippen MR) is 72.0 cm³/mol. The number of carboxylic acids is 1. The van der Waals surface area contributed by atoms with E-state index in [0.29, 0.717) is 24.3 Å². The lowest BCUT2D eigenvalue weighted by Gasteiger charge is -2.15. The molecule has 0 aliphatic heterocycles. The second kappa shape index (κ2) is 6.76. The molecule has 0 aromatic heterocycles. The number of halogens is 1. The predicted octanol–water partition coefficient (Wildman–Crippen LogP) is 3.64. The Morgan fingerprint density at radius 1 is 1.28 bits per heavy atom. The lowest BCUT2D eigenvalue weighted by molar-refractivity contribution is -0.137. The van der Waals surface area contributed by atoms with Gasteiger partial charge in [0.25, 0.3) is 0 Å².